The van der Waals surface area contributed by atoms with E-state index in [1.165, 1.54) is 12.8 Å². The van der Waals surface area contributed by atoms with E-state index in [0.717, 1.165) is 12.8 Å². The van der Waals surface area contributed by atoms with Crippen LogP contribution in [0, 0.1) is 0 Å². The highest BCUT2D eigenvalue weighted by molar-refractivity contribution is 5.82. The van der Waals surface area contributed by atoms with Gasteiger partial charge in [-0.2, -0.15) is 0 Å². The second-order valence-corrected chi connectivity index (χ2v) is 5.27. The molecule has 1 amide bonds. The molecule has 0 saturated carbocycles. The zero-order valence-corrected chi connectivity index (χ0v) is 12.4. The fourth-order valence-corrected chi connectivity index (χ4v) is 2.27. The van der Waals surface area contributed by atoms with Gasteiger partial charge in [0.2, 0.25) is 5.91 Å². The van der Waals surface area contributed by atoms with Crippen LogP contribution < -0.4 is 5.32 Å². The molecule has 0 bridgehead atoms. The lowest BCUT2D eigenvalue weighted by molar-refractivity contribution is -0.137. The molecule has 0 aromatic rings. The summed E-state index contributed by atoms with van der Waals surface area (Å²) >= 11 is 0. The molecular formula is C14H30N2O. The number of hydrogen-bond donors (Lipinski definition) is 1. The second kappa shape index (κ2) is 8.51. The Morgan fingerprint density at radius 2 is 1.65 bits per heavy atom. The van der Waals surface area contributed by atoms with Gasteiger partial charge in [0.05, 0.1) is 6.04 Å². The summed E-state index contributed by atoms with van der Waals surface area (Å²) in [7, 11) is 1.88. The Kier molecular flexibility index (Phi) is 8.23. The molecular weight excluding hydrogens is 212 g/mol. The van der Waals surface area contributed by atoms with Crippen LogP contribution in [0.1, 0.15) is 60.3 Å². The van der Waals surface area contributed by atoms with Crippen LogP contribution in [0.25, 0.3) is 0 Å². The Morgan fingerprint density at radius 3 is 2.00 bits per heavy atom. The monoisotopic (exact) mass is 242 g/mol. The molecule has 1 unspecified atom stereocenters. The van der Waals surface area contributed by atoms with E-state index in [-0.39, 0.29) is 24.0 Å². The summed E-state index contributed by atoms with van der Waals surface area (Å²) in [4.78, 5) is 14.4. The number of nitrogens with one attached hydrogen (secondary N) is 1. The molecule has 102 valence electrons. The molecule has 0 aromatic carbocycles. The Labute approximate surface area is 107 Å². The Bertz CT molecular complexity index is 206. The molecule has 0 rings (SSSR count). The molecule has 0 radical (unpaired) electrons. The lowest BCUT2D eigenvalue weighted by atomic mass is 10.1. The van der Waals surface area contributed by atoms with Crippen LogP contribution in [0.2, 0.25) is 0 Å². The number of carbonyl (C=O) groups excluding carboxylic acids is 1. The second-order valence-electron chi connectivity index (χ2n) is 5.27. The predicted octanol–water partition coefficient (Wildman–Crippen LogP) is 2.80. The molecule has 0 aromatic heterocycles. The number of carbonyl (C=O) groups is 1. The van der Waals surface area contributed by atoms with Crippen LogP contribution in [0.3, 0.4) is 0 Å². The van der Waals surface area contributed by atoms with E-state index in [2.05, 4.69) is 39.9 Å². The topological polar surface area (TPSA) is 32.3 Å². The summed E-state index contributed by atoms with van der Waals surface area (Å²) in [6, 6.07) is 0.514. The third-order valence-corrected chi connectivity index (χ3v) is 3.11. The molecule has 0 aliphatic heterocycles. The standard InChI is InChI=1S/C14H30N2O/c1-7-8-9-10-13(15-6)14(17)16(11(2)3)12(4)5/h11-13,15H,7-10H2,1-6H3. The predicted molar refractivity (Wildman–Crippen MR) is 74.1 cm³/mol. The minimum absolute atomic E-state index is 0.0219. The van der Waals surface area contributed by atoms with Crippen molar-refractivity contribution in [2.45, 2.75) is 78.4 Å². The van der Waals surface area contributed by atoms with E-state index in [1.807, 2.05) is 11.9 Å². The van der Waals surface area contributed by atoms with Crippen molar-refractivity contribution in [3.8, 4) is 0 Å². The zero-order chi connectivity index (χ0) is 13.4. The van der Waals surface area contributed by atoms with Crippen molar-refractivity contribution in [2.24, 2.45) is 0 Å². The van der Waals surface area contributed by atoms with Crippen LogP contribution in [-0.4, -0.2) is 36.0 Å². The number of hydrogen-bond acceptors (Lipinski definition) is 2. The van der Waals surface area contributed by atoms with E-state index < -0.39 is 0 Å². The molecule has 0 aliphatic rings. The van der Waals surface area contributed by atoms with Gasteiger partial charge >= 0.3 is 0 Å². The summed E-state index contributed by atoms with van der Waals surface area (Å²) < 4.78 is 0. The van der Waals surface area contributed by atoms with Gasteiger partial charge in [0, 0.05) is 12.1 Å². The fourth-order valence-electron chi connectivity index (χ4n) is 2.27. The lowest BCUT2D eigenvalue weighted by Gasteiger charge is -2.34. The van der Waals surface area contributed by atoms with Gasteiger partial charge in [0.1, 0.15) is 0 Å². The Balaban J connectivity index is 4.48. The highest BCUT2D eigenvalue weighted by atomic mass is 16.2. The average Bonchev–Trinajstić information content (AvgIpc) is 2.23. The summed E-state index contributed by atoms with van der Waals surface area (Å²) in [6.07, 6.45) is 4.47. The minimum Gasteiger partial charge on any atom is -0.336 e. The van der Waals surface area contributed by atoms with E-state index >= 15 is 0 Å². The summed E-state index contributed by atoms with van der Waals surface area (Å²) in [5.41, 5.74) is 0. The molecule has 0 spiro atoms. The maximum absolute atomic E-state index is 12.4. The van der Waals surface area contributed by atoms with E-state index in [0.29, 0.717) is 0 Å². The summed E-state index contributed by atoms with van der Waals surface area (Å²) in [6.45, 7) is 10.5. The quantitative estimate of drug-likeness (QED) is 0.664. The Hall–Kier alpha value is -0.570. The van der Waals surface area contributed by atoms with Crippen LogP contribution >= 0.6 is 0 Å². The minimum atomic E-state index is -0.0219. The maximum Gasteiger partial charge on any atom is 0.240 e. The zero-order valence-electron chi connectivity index (χ0n) is 12.4. The summed E-state index contributed by atoms with van der Waals surface area (Å²) in [5.74, 6) is 0.244. The highest BCUT2D eigenvalue weighted by Crippen LogP contribution is 2.12. The van der Waals surface area contributed by atoms with E-state index in [9.17, 15) is 4.79 Å². The third-order valence-electron chi connectivity index (χ3n) is 3.11. The first-order chi connectivity index (χ1) is 7.95. The normalized spacial score (nSPS) is 13.2. The smallest absolute Gasteiger partial charge is 0.240 e. The van der Waals surface area contributed by atoms with Crippen LogP contribution in [0.5, 0.6) is 0 Å². The molecule has 0 aliphatic carbocycles. The van der Waals surface area contributed by atoms with Crippen molar-refractivity contribution in [3.63, 3.8) is 0 Å². The van der Waals surface area contributed by atoms with Gasteiger partial charge in [-0.1, -0.05) is 26.2 Å². The highest BCUT2D eigenvalue weighted by Gasteiger charge is 2.26. The van der Waals surface area contributed by atoms with Gasteiger partial charge in [0.25, 0.3) is 0 Å². The van der Waals surface area contributed by atoms with Gasteiger partial charge in [0.15, 0.2) is 0 Å². The van der Waals surface area contributed by atoms with Crippen molar-refractivity contribution in [1.82, 2.24) is 10.2 Å². The van der Waals surface area contributed by atoms with Gasteiger partial charge in [-0.05, 0) is 41.2 Å². The van der Waals surface area contributed by atoms with Crippen molar-refractivity contribution >= 4 is 5.91 Å². The van der Waals surface area contributed by atoms with Crippen LogP contribution in [-0.2, 0) is 4.79 Å². The van der Waals surface area contributed by atoms with Crippen molar-refractivity contribution in [1.29, 1.82) is 0 Å². The molecule has 3 heteroatoms. The molecule has 3 nitrogen and oxygen atoms in total. The molecule has 0 saturated heterocycles. The number of rotatable bonds is 8. The average molecular weight is 242 g/mol. The first kappa shape index (κ1) is 16.4. The molecule has 0 heterocycles. The largest absolute Gasteiger partial charge is 0.336 e. The SMILES string of the molecule is CCCCCC(NC)C(=O)N(C(C)C)C(C)C. The number of nitrogens with zero attached hydrogens (tertiary/aromatic N) is 1. The number of amides is 1. The van der Waals surface area contributed by atoms with E-state index in [1.54, 1.807) is 0 Å². The van der Waals surface area contributed by atoms with Crippen LogP contribution in [0.15, 0.2) is 0 Å². The first-order valence-electron chi connectivity index (χ1n) is 6.95. The number of unbranched alkanes of at least 4 members (excludes halogenated alkanes) is 2. The lowest BCUT2D eigenvalue weighted by Crippen LogP contribution is -2.51. The van der Waals surface area contributed by atoms with Crippen molar-refractivity contribution in [2.75, 3.05) is 7.05 Å². The molecule has 0 fully saturated rings. The molecule has 1 atom stereocenters. The van der Waals surface area contributed by atoms with E-state index in [4.69, 9.17) is 0 Å². The van der Waals surface area contributed by atoms with Gasteiger partial charge in [-0.25, -0.2) is 0 Å². The van der Waals surface area contributed by atoms with Crippen LogP contribution in [0.4, 0.5) is 0 Å². The fraction of sp³-hybridized carbons (Fsp3) is 0.929. The summed E-state index contributed by atoms with van der Waals surface area (Å²) in [5, 5.41) is 3.16. The van der Waals surface area contributed by atoms with Gasteiger partial charge in [-0.3, -0.25) is 4.79 Å². The first-order valence-corrected chi connectivity index (χ1v) is 6.95. The maximum atomic E-state index is 12.4. The molecule has 17 heavy (non-hydrogen) atoms. The van der Waals surface area contributed by atoms with Crippen molar-refractivity contribution in [3.05, 3.63) is 0 Å². The molecule has 1 N–H and O–H groups in total. The third kappa shape index (κ3) is 5.53. The van der Waals surface area contributed by atoms with Gasteiger partial charge < -0.3 is 10.2 Å². The Morgan fingerprint density at radius 1 is 1.12 bits per heavy atom. The van der Waals surface area contributed by atoms with Gasteiger partial charge in [-0.15, -0.1) is 0 Å². The van der Waals surface area contributed by atoms with Crippen molar-refractivity contribution < 1.29 is 4.79 Å². The number of likely N-dealkylation sites (N-methyl/N-ethyl adjacent to an activating group) is 1.